The Labute approximate surface area is 195 Å². The first-order valence-electron chi connectivity index (χ1n) is 12.7. The lowest BCUT2D eigenvalue weighted by atomic mass is 9.76. The highest BCUT2D eigenvalue weighted by Crippen LogP contribution is 2.34. The lowest BCUT2D eigenvalue weighted by Crippen LogP contribution is -2.22. The highest BCUT2D eigenvalue weighted by Gasteiger charge is 2.25. The van der Waals surface area contributed by atoms with Crippen LogP contribution in [0.2, 0.25) is 0 Å². The number of benzene rings is 2. The molecule has 0 amide bonds. The third kappa shape index (κ3) is 7.89. The number of hydrogen-bond acceptors (Lipinski definition) is 2. The summed E-state index contributed by atoms with van der Waals surface area (Å²) in [7, 11) is 0. The predicted octanol–water partition coefficient (Wildman–Crippen LogP) is 8.41. The van der Waals surface area contributed by atoms with Gasteiger partial charge in [-0.2, -0.15) is 10.2 Å². The monoisotopic (exact) mass is 428 g/mol. The number of nitrogens with zero attached hydrogens (tertiary/aromatic N) is 2. The number of unbranched alkanes of at least 4 members (excludes halogenated alkanes) is 3. The lowest BCUT2D eigenvalue weighted by Gasteiger charge is -2.29. The summed E-state index contributed by atoms with van der Waals surface area (Å²) in [5, 5.41) is 9.30. The maximum Gasteiger partial charge on any atom is 0.0733 e. The maximum absolute atomic E-state index is 4.77. The van der Waals surface area contributed by atoms with Gasteiger partial charge >= 0.3 is 0 Å². The van der Waals surface area contributed by atoms with Crippen LogP contribution >= 0.6 is 0 Å². The molecular formula is C30H40N2. The zero-order valence-corrected chi connectivity index (χ0v) is 19.9. The van der Waals surface area contributed by atoms with E-state index in [1.165, 1.54) is 68.9 Å². The maximum atomic E-state index is 4.77. The standard InChI is InChI=1S/C30H40N2/c1-3-5-7-9-13-26-16-18-27(19-17-26)24-31-32-30(28-14-10-8-11-15-28)29-22-20-25(21-23-29)12-6-4-2/h3,8,10-11,14-19,24-25,29H,1,4-7,9,12-13,20-23H2,2H3. The van der Waals surface area contributed by atoms with Crippen LogP contribution in [0.1, 0.15) is 87.8 Å². The Morgan fingerprint density at radius 1 is 0.938 bits per heavy atom. The van der Waals surface area contributed by atoms with Crippen molar-refractivity contribution in [1.29, 1.82) is 0 Å². The van der Waals surface area contributed by atoms with Gasteiger partial charge in [0.15, 0.2) is 0 Å². The molecule has 0 N–H and O–H groups in total. The molecule has 2 aromatic carbocycles. The van der Waals surface area contributed by atoms with Crippen LogP contribution in [-0.4, -0.2) is 11.9 Å². The fourth-order valence-corrected chi connectivity index (χ4v) is 4.75. The zero-order valence-electron chi connectivity index (χ0n) is 19.9. The molecule has 0 aliphatic heterocycles. The van der Waals surface area contributed by atoms with Crippen LogP contribution in [0.4, 0.5) is 0 Å². The number of aryl methyl sites for hydroxylation is 1. The van der Waals surface area contributed by atoms with E-state index in [-0.39, 0.29) is 0 Å². The van der Waals surface area contributed by atoms with Gasteiger partial charge in [-0.25, -0.2) is 0 Å². The largest absolute Gasteiger partial charge is 0.158 e. The number of rotatable bonds is 12. The van der Waals surface area contributed by atoms with Crippen LogP contribution in [-0.2, 0) is 6.42 Å². The molecule has 0 radical (unpaired) electrons. The first kappa shape index (κ1) is 24.2. The zero-order chi connectivity index (χ0) is 22.4. The van der Waals surface area contributed by atoms with E-state index in [2.05, 4.69) is 73.2 Å². The van der Waals surface area contributed by atoms with E-state index < -0.39 is 0 Å². The average molecular weight is 429 g/mol. The van der Waals surface area contributed by atoms with Crippen molar-refractivity contribution < 1.29 is 0 Å². The van der Waals surface area contributed by atoms with Gasteiger partial charge in [-0.15, -0.1) is 6.58 Å². The van der Waals surface area contributed by atoms with E-state index in [1.54, 1.807) is 0 Å². The van der Waals surface area contributed by atoms with Crippen molar-refractivity contribution in [3.63, 3.8) is 0 Å². The second-order valence-electron chi connectivity index (χ2n) is 9.23. The second-order valence-corrected chi connectivity index (χ2v) is 9.23. The van der Waals surface area contributed by atoms with Gasteiger partial charge in [0, 0.05) is 5.92 Å². The molecule has 170 valence electrons. The van der Waals surface area contributed by atoms with Gasteiger partial charge in [-0.1, -0.05) is 86.9 Å². The minimum Gasteiger partial charge on any atom is -0.158 e. The molecule has 0 spiro atoms. The van der Waals surface area contributed by atoms with Crippen molar-refractivity contribution in [2.75, 3.05) is 0 Å². The Kier molecular flexibility index (Phi) is 10.4. The summed E-state index contributed by atoms with van der Waals surface area (Å²) < 4.78 is 0. The molecule has 0 saturated heterocycles. The molecule has 1 aliphatic carbocycles. The molecule has 32 heavy (non-hydrogen) atoms. The van der Waals surface area contributed by atoms with Crippen LogP contribution in [0.3, 0.4) is 0 Å². The third-order valence-electron chi connectivity index (χ3n) is 6.74. The van der Waals surface area contributed by atoms with Crippen molar-refractivity contribution in [3.05, 3.63) is 83.9 Å². The van der Waals surface area contributed by atoms with Gasteiger partial charge in [0.05, 0.1) is 11.9 Å². The fourth-order valence-electron chi connectivity index (χ4n) is 4.75. The van der Waals surface area contributed by atoms with Crippen LogP contribution in [0.25, 0.3) is 0 Å². The van der Waals surface area contributed by atoms with Crippen LogP contribution in [0, 0.1) is 11.8 Å². The first-order valence-corrected chi connectivity index (χ1v) is 12.7. The fraction of sp³-hybridized carbons (Fsp3) is 0.467. The molecule has 2 nitrogen and oxygen atoms in total. The van der Waals surface area contributed by atoms with Crippen molar-refractivity contribution in [2.45, 2.75) is 77.6 Å². The molecular weight excluding hydrogens is 388 g/mol. The normalized spacial score (nSPS) is 19.3. The second kappa shape index (κ2) is 13.8. The van der Waals surface area contributed by atoms with Crippen LogP contribution in [0.5, 0.6) is 0 Å². The van der Waals surface area contributed by atoms with Gasteiger partial charge < -0.3 is 0 Å². The van der Waals surface area contributed by atoms with E-state index in [0.29, 0.717) is 5.92 Å². The van der Waals surface area contributed by atoms with Gasteiger partial charge in [0.2, 0.25) is 0 Å². The Morgan fingerprint density at radius 3 is 2.38 bits per heavy atom. The van der Waals surface area contributed by atoms with E-state index in [0.717, 1.165) is 30.0 Å². The Morgan fingerprint density at radius 2 is 1.69 bits per heavy atom. The summed E-state index contributed by atoms with van der Waals surface area (Å²) in [6.45, 7) is 6.09. The van der Waals surface area contributed by atoms with E-state index in [1.807, 2.05) is 12.3 Å². The van der Waals surface area contributed by atoms with Gasteiger partial charge in [-0.3, -0.25) is 0 Å². The number of allylic oxidation sites excluding steroid dienone is 1. The quantitative estimate of drug-likeness (QED) is 0.140. The molecule has 3 rings (SSSR count). The molecule has 0 bridgehead atoms. The van der Waals surface area contributed by atoms with Gasteiger partial charge in [0.25, 0.3) is 0 Å². The van der Waals surface area contributed by atoms with Gasteiger partial charge in [0.1, 0.15) is 0 Å². The molecule has 1 aliphatic rings. The summed E-state index contributed by atoms with van der Waals surface area (Å²) in [5.74, 6) is 1.42. The molecule has 1 fully saturated rings. The lowest BCUT2D eigenvalue weighted by molar-refractivity contribution is 0.301. The van der Waals surface area contributed by atoms with E-state index >= 15 is 0 Å². The Bertz CT molecular complexity index is 840. The van der Waals surface area contributed by atoms with Crippen molar-refractivity contribution in [3.8, 4) is 0 Å². The average Bonchev–Trinajstić information content (AvgIpc) is 2.85. The molecule has 0 heterocycles. The summed E-state index contributed by atoms with van der Waals surface area (Å²) in [4.78, 5) is 0. The smallest absolute Gasteiger partial charge is 0.0733 e. The molecule has 2 heteroatoms. The van der Waals surface area contributed by atoms with Crippen molar-refractivity contribution in [2.24, 2.45) is 22.0 Å². The van der Waals surface area contributed by atoms with E-state index in [4.69, 9.17) is 5.10 Å². The molecule has 1 saturated carbocycles. The van der Waals surface area contributed by atoms with Crippen molar-refractivity contribution >= 4 is 11.9 Å². The summed E-state index contributed by atoms with van der Waals surface area (Å²) in [5.41, 5.74) is 4.88. The predicted molar refractivity (Wildman–Crippen MR) is 140 cm³/mol. The first-order chi connectivity index (χ1) is 15.8. The molecule has 2 aromatic rings. The SMILES string of the molecule is C=CCCCCc1ccc(C=NN=C(c2ccccc2)C2CCC(CCCC)CC2)cc1. The third-order valence-corrected chi connectivity index (χ3v) is 6.74. The highest BCUT2D eigenvalue weighted by molar-refractivity contribution is 6.02. The minimum absolute atomic E-state index is 0.519. The summed E-state index contributed by atoms with van der Waals surface area (Å²) in [6.07, 6.45) is 17.8. The van der Waals surface area contributed by atoms with Crippen LogP contribution in [0.15, 0.2) is 77.5 Å². The summed E-state index contributed by atoms with van der Waals surface area (Å²) >= 11 is 0. The molecule has 0 unspecified atom stereocenters. The minimum atomic E-state index is 0.519. The Hall–Kier alpha value is -2.48. The molecule has 0 atom stereocenters. The van der Waals surface area contributed by atoms with E-state index in [9.17, 15) is 0 Å². The molecule has 0 aromatic heterocycles. The Balaban J connectivity index is 1.63. The van der Waals surface area contributed by atoms with Crippen LogP contribution < -0.4 is 0 Å². The van der Waals surface area contributed by atoms with Crippen molar-refractivity contribution in [1.82, 2.24) is 0 Å². The van der Waals surface area contributed by atoms with Gasteiger partial charge in [-0.05, 0) is 74.0 Å². The number of hydrogen-bond donors (Lipinski definition) is 0. The topological polar surface area (TPSA) is 24.7 Å². The highest BCUT2D eigenvalue weighted by atomic mass is 15.2. The summed E-state index contributed by atoms with van der Waals surface area (Å²) in [6, 6.07) is 19.4.